The monoisotopic (exact) mass is 706 g/mol. The molecule has 1 aliphatic carbocycles. The molecule has 1 aliphatic heterocycles. The summed E-state index contributed by atoms with van der Waals surface area (Å²) < 4.78 is 124. The molecule has 2 aliphatic rings. The minimum Gasteiger partial charge on any atom is -0.481 e. The summed E-state index contributed by atoms with van der Waals surface area (Å²) in [6.07, 6.45) is -13.6. The van der Waals surface area contributed by atoms with Crippen LogP contribution in [0.3, 0.4) is 0 Å². The molecule has 18 heteroatoms. The number of aryl methyl sites for hydroxylation is 1. The van der Waals surface area contributed by atoms with Crippen molar-refractivity contribution in [3.63, 3.8) is 0 Å². The number of carboxylic acids is 1. The lowest BCUT2D eigenvalue weighted by Crippen LogP contribution is -2.49. The van der Waals surface area contributed by atoms with Crippen LogP contribution >= 0.6 is 0 Å². The number of amides is 1. The summed E-state index contributed by atoms with van der Waals surface area (Å²) in [7, 11) is 1.35. The first-order valence-electron chi connectivity index (χ1n) is 15.3. The Labute approximate surface area is 273 Å². The van der Waals surface area contributed by atoms with E-state index in [4.69, 9.17) is 5.11 Å². The number of rotatable bonds is 7. The Bertz CT molecular complexity index is 1660. The van der Waals surface area contributed by atoms with Crippen molar-refractivity contribution < 1.29 is 54.2 Å². The van der Waals surface area contributed by atoms with E-state index in [0.29, 0.717) is 37.8 Å². The first kappa shape index (κ1) is 35.9. The third kappa shape index (κ3) is 7.93. The highest BCUT2D eigenvalue weighted by atomic mass is 19.4. The second-order valence-corrected chi connectivity index (χ2v) is 12.5. The molecule has 0 radical (unpaired) electrons. The largest absolute Gasteiger partial charge is 0.481 e. The van der Waals surface area contributed by atoms with Gasteiger partial charge in [0.25, 0.3) is 5.95 Å². The summed E-state index contributed by atoms with van der Waals surface area (Å²) in [5.41, 5.74) is -4.67. The number of nitrogens with zero attached hydrogens (tertiary/aromatic N) is 6. The van der Waals surface area contributed by atoms with Crippen molar-refractivity contribution in [2.75, 3.05) is 9.80 Å². The zero-order valence-corrected chi connectivity index (χ0v) is 26.1. The van der Waals surface area contributed by atoms with E-state index >= 15 is 0 Å². The van der Waals surface area contributed by atoms with Gasteiger partial charge in [-0.2, -0.15) is 44.3 Å². The normalized spacial score (nSPS) is 21.7. The maximum Gasteiger partial charge on any atom is 0.416 e. The lowest BCUT2D eigenvalue weighted by molar-refractivity contribution is -0.143. The quantitative estimate of drug-likeness (QED) is 0.255. The summed E-state index contributed by atoms with van der Waals surface area (Å²) in [5, 5.41) is 20.8. The molecular formula is C31H31F9N6O3. The number of halogens is 9. The Morgan fingerprint density at radius 3 is 1.98 bits per heavy atom. The van der Waals surface area contributed by atoms with Gasteiger partial charge in [-0.15, -0.1) is 5.10 Å². The minimum atomic E-state index is -5.15. The molecule has 49 heavy (non-hydrogen) atoms. The Hall–Kier alpha value is -4.38. The van der Waals surface area contributed by atoms with Gasteiger partial charge in [0.2, 0.25) is 5.91 Å². The predicted octanol–water partition coefficient (Wildman–Crippen LogP) is 7.42. The highest BCUT2D eigenvalue weighted by Crippen LogP contribution is 2.46. The fourth-order valence-electron chi connectivity index (χ4n) is 6.71. The third-order valence-electron chi connectivity index (χ3n) is 9.01. The van der Waals surface area contributed by atoms with E-state index in [1.165, 1.54) is 16.8 Å². The van der Waals surface area contributed by atoms with Crippen LogP contribution in [0, 0.1) is 11.8 Å². The number of benzene rings is 2. The first-order valence-corrected chi connectivity index (χ1v) is 15.3. The van der Waals surface area contributed by atoms with Crippen LogP contribution in [-0.4, -0.2) is 43.2 Å². The van der Waals surface area contributed by atoms with Crippen molar-refractivity contribution in [2.45, 2.75) is 82.6 Å². The van der Waals surface area contributed by atoms with Gasteiger partial charge in [0, 0.05) is 30.6 Å². The molecule has 1 saturated carbocycles. The maximum absolute atomic E-state index is 14.0. The van der Waals surface area contributed by atoms with Crippen LogP contribution in [0.1, 0.15) is 79.3 Å². The summed E-state index contributed by atoms with van der Waals surface area (Å²) in [4.78, 5) is 28.7. The predicted molar refractivity (Wildman–Crippen MR) is 155 cm³/mol. The summed E-state index contributed by atoms with van der Waals surface area (Å²) in [6, 6.07) is 1.89. The molecule has 1 N–H and O–H groups in total. The van der Waals surface area contributed by atoms with Crippen LogP contribution in [0.25, 0.3) is 0 Å². The number of hydrogen-bond donors (Lipinski definition) is 1. The maximum atomic E-state index is 14.0. The molecule has 266 valence electrons. The lowest BCUT2D eigenvalue weighted by atomic mass is 9.79. The van der Waals surface area contributed by atoms with Crippen molar-refractivity contribution in [3.05, 3.63) is 64.2 Å². The van der Waals surface area contributed by atoms with Crippen molar-refractivity contribution in [1.82, 2.24) is 20.2 Å². The van der Waals surface area contributed by atoms with Crippen LogP contribution in [-0.2, 0) is 41.7 Å². The fraction of sp³-hybridized carbons (Fsp3) is 0.516. The van der Waals surface area contributed by atoms with E-state index in [2.05, 4.69) is 15.4 Å². The van der Waals surface area contributed by atoms with Gasteiger partial charge in [0.15, 0.2) is 0 Å². The van der Waals surface area contributed by atoms with E-state index in [9.17, 15) is 49.1 Å². The molecule has 1 unspecified atom stereocenters. The van der Waals surface area contributed by atoms with Gasteiger partial charge in [-0.05, 0) is 97.7 Å². The van der Waals surface area contributed by atoms with Crippen LogP contribution in [0.5, 0.6) is 0 Å². The van der Waals surface area contributed by atoms with Gasteiger partial charge < -0.3 is 14.9 Å². The first-order chi connectivity index (χ1) is 22.7. The Kier molecular flexibility index (Phi) is 9.64. The SMILES string of the molecule is C[C@@H]1CC(N(Cc2cc(C(F)(F)F)cc(C(F)(F)F)c2)c2nnn(C)n2)c2cc(C(F)(F)F)ccc2N1C(=O)[C@H]1CC[C@@H](CC(=O)O)CC1. The smallest absolute Gasteiger partial charge is 0.416 e. The fourth-order valence-corrected chi connectivity index (χ4v) is 6.71. The number of alkyl halides is 9. The molecule has 1 fully saturated rings. The molecule has 2 heterocycles. The molecule has 2 atom stereocenters. The van der Waals surface area contributed by atoms with E-state index in [0.717, 1.165) is 23.0 Å². The van der Waals surface area contributed by atoms with E-state index < -0.39 is 71.3 Å². The summed E-state index contributed by atoms with van der Waals surface area (Å²) >= 11 is 0. The van der Waals surface area contributed by atoms with Crippen LogP contribution in [0.4, 0.5) is 51.1 Å². The lowest BCUT2D eigenvalue weighted by Gasteiger charge is -2.45. The van der Waals surface area contributed by atoms with Crippen molar-refractivity contribution in [2.24, 2.45) is 18.9 Å². The van der Waals surface area contributed by atoms with Crippen molar-refractivity contribution in [3.8, 4) is 0 Å². The number of anilines is 2. The van der Waals surface area contributed by atoms with E-state index in [-0.39, 0.29) is 47.9 Å². The number of aromatic nitrogens is 4. The molecule has 0 bridgehead atoms. The van der Waals surface area contributed by atoms with Crippen molar-refractivity contribution >= 4 is 23.5 Å². The average molecular weight is 707 g/mol. The van der Waals surface area contributed by atoms with Gasteiger partial charge in [0.05, 0.1) is 29.8 Å². The number of fused-ring (bicyclic) bond motifs is 1. The average Bonchev–Trinajstić information content (AvgIpc) is 3.43. The summed E-state index contributed by atoms with van der Waals surface area (Å²) in [6.45, 7) is 0.948. The second-order valence-electron chi connectivity index (χ2n) is 12.5. The Morgan fingerprint density at radius 1 is 0.878 bits per heavy atom. The van der Waals surface area contributed by atoms with Gasteiger partial charge in [-0.1, -0.05) is 5.10 Å². The number of carbonyl (C=O) groups is 2. The number of tetrazole rings is 1. The molecule has 1 amide bonds. The topological polar surface area (TPSA) is 104 Å². The Morgan fingerprint density at radius 2 is 1.47 bits per heavy atom. The van der Waals surface area contributed by atoms with Gasteiger partial charge in [-0.25, -0.2) is 0 Å². The van der Waals surface area contributed by atoms with E-state index in [1.54, 1.807) is 6.92 Å². The van der Waals surface area contributed by atoms with Crippen LogP contribution in [0.15, 0.2) is 36.4 Å². The number of carboxylic acid groups (broad SMARTS) is 1. The zero-order valence-electron chi connectivity index (χ0n) is 26.1. The molecule has 0 spiro atoms. The molecule has 5 rings (SSSR count). The molecule has 0 saturated heterocycles. The van der Waals surface area contributed by atoms with Crippen molar-refractivity contribution in [1.29, 1.82) is 0 Å². The molecule has 2 aromatic carbocycles. The Balaban J connectivity index is 1.59. The highest BCUT2D eigenvalue weighted by molar-refractivity contribution is 5.97. The summed E-state index contributed by atoms with van der Waals surface area (Å²) in [5.74, 6) is -2.26. The number of aliphatic carboxylic acids is 1. The minimum absolute atomic E-state index is 0.0271. The van der Waals surface area contributed by atoms with Gasteiger partial charge in [0.1, 0.15) is 0 Å². The zero-order chi connectivity index (χ0) is 36.1. The number of hydrogen-bond acceptors (Lipinski definition) is 6. The van der Waals surface area contributed by atoms with Gasteiger partial charge in [-0.3, -0.25) is 9.59 Å². The molecule has 9 nitrogen and oxygen atoms in total. The molecular weight excluding hydrogens is 675 g/mol. The van der Waals surface area contributed by atoms with Crippen LogP contribution in [0.2, 0.25) is 0 Å². The second kappa shape index (κ2) is 13.2. The van der Waals surface area contributed by atoms with Gasteiger partial charge >= 0.3 is 24.5 Å². The third-order valence-corrected chi connectivity index (χ3v) is 9.01. The standard InChI is InChI=1S/C31H31F9N6O3/c1-16-9-25(45(28-41-43-44(2)42-28)15-18-10-21(30(35,36)37)13-22(11-18)31(38,39)40)23-14-20(29(32,33)34)7-8-24(23)46(16)27(49)19-5-3-17(4-6-19)12-26(47)48/h7-8,10-11,13-14,16-17,19,25H,3-6,9,12,15H2,1-2H3,(H,47,48)/t16-,17-,19+,25?/m1/s1. The molecule has 1 aromatic heterocycles. The molecule has 3 aromatic rings. The number of carbonyl (C=O) groups excluding carboxylic acids is 1. The highest BCUT2D eigenvalue weighted by Gasteiger charge is 2.43. The van der Waals surface area contributed by atoms with E-state index in [1.807, 2.05) is 0 Å². The van der Waals surface area contributed by atoms with Crippen LogP contribution < -0.4 is 9.80 Å².